The average Bonchev–Trinajstić information content (AvgIpc) is 2.66. The summed E-state index contributed by atoms with van der Waals surface area (Å²) < 4.78 is 5.19. The fourth-order valence-corrected chi connectivity index (χ4v) is 3.22. The molecule has 1 aliphatic heterocycles. The maximum absolute atomic E-state index is 10.4. The Kier molecular flexibility index (Phi) is 9.85. The van der Waals surface area contributed by atoms with E-state index in [4.69, 9.17) is 4.74 Å². The van der Waals surface area contributed by atoms with Gasteiger partial charge in [-0.1, -0.05) is 18.2 Å². The van der Waals surface area contributed by atoms with Crippen molar-refractivity contribution in [3.8, 4) is 17.2 Å². The quantitative estimate of drug-likeness (QED) is 0.611. The fourth-order valence-electron chi connectivity index (χ4n) is 3.22. The molecule has 1 aliphatic rings. The summed E-state index contributed by atoms with van der Waals surface area (Å²) in [7, 11) is 1.67. The van der Waals surface area contributed by atoms with Crippen LogP contribution in [0.2, 0.25) is 0 Å². The summed E-state index contributed by atoms with van der Waals surface area (Å²) in [6.07, 6.45) is -0.686. The van der Waals surface area contributed by atoms with Crippen LogP contribution in [0.15, 0.2) is 42.5 Å². The number of ether oxygens (including phenoxy) is 1. The Morgan fingerprint density at radius 2 is 1.50 bits per heavy atom. The number of piperazine rings is 1. The summed E-state index contributed by atoms with van der Waals surface area (Å²) in [5.41, 5.74) is 1.87. The number of aliphatic hydroxyl groups is 1. The molecule has 6 nitrogen and oxygen atoms in total. The maximum Gasteiger partial charge on any atom is 0.157 e. The number of benzene rings is 2. The molecule has 1 atom stereocenters. The van der Waals surface area contributed by atoms with Crippen LogP contribution in [0, 0.1) is 0 Å². The number of phenols is 2. The van der Waals surface area contributed by atoms with Gasteiger partial charge in [-0.15, -0.1) is 24.8 Å². The van der Waals surface area contributed by atoms with Crippen LogP contribution in [0.5, 0.6) is 17.2 Å². The lowest BCUT2D eigenvalue weighted by Gasteiger charge is -2.35. The third kappa shape index (κ3) is 6.43. The predicted octanol–water partition coefficient (Wildman–Crippen LogP) is 2.80. The van der Waals surface area contributed by atoms with Crippen LogP contribution in [0.4, 0.5) is 0 Å². The Balaban J connectivity index is 0.00000196. The topological polar surface area (TPSA) is 76.4 Å². The number of nitrogens with zero attached hydrogens (tertiary/aromatic N) is 2. The summed E-state index contributed by atoms with van der Waals surface area (Å²) in [6.45, 7) is 5.08. The van der Waals surface area contributed by atoms with Gasteiger partial charge in [0.25, 0.3) is 0 Å². The molecule has 0 aliphatic carbocycles. The average molecular weight is 431 g/mol. The third-order valence-electron chi connectivity index (χ3n) is 4.85. The highest BCUT2D eigenvalue weighted by Crippen LogP contribution is 2.28. The first-order valence-corrected chi connectivity index (χ1v) is 8.83. The minimum atomic E-state index is -0.686. The van der Waals surface area contributed by atoms with E-state index in [1.165, 1.54) is 17.7 Å². The van der Waals surface area contributed by atoms with Crippen molar-refractivity contribution in [2.75, 3.05) is 39.8 Å². The van der Waals surface area contributed by atoms with Crippen LogP contribution in [0.1, 0.15) is 17.2 Å². The first kappa shape index (κ1) is 24.3. The summed E-state index contributed by atoms with van der Waals surface area (Å²) in [5, 5.41) is 29.3. The number of hydrogen-bond donors (Lipinski definition) is 3. The highest BCUT2D eigenvalue weighted by molar-refractivity contribution is 5.85. The molecule has 0 bridgehead atoms. The van der Waals surface area contributed by atoms with Crippen LogP contribution in [-0.4, -0.2) is 65.0 Å². The molecule has 1 heterocycles. The fraction of sp³-hybridized carbons (Fsp3) is 0.400. The summed E-state index contributed by atoms with van der Waals surface area (Å²) >= 11 is 0. The Hall–Kier alpha value is -1.70. The van der Waals surface area contributed by atoms with E-state index in [1.807, 2.05) is 12.1 Å². The van der Waals surface area contributed by atoms with Crippen molar-refractivity contribution >= 4 is 24.8 Å². The van der Waals surface area contributed by atoms with E-state index < -0.39 is 6.10 Å². The van der Waals surface area contributed by atoms with Gasteiger partial charge in [-0.3, -0.25) is 9.80 Å². The molecule has 156 valence electrons. The first-order chi connectivity index (χ1) is 12.5. The van der Waals surface area contributed by atoms with E-state index in [2.05, 4.69) is 21.9 Å². The van der Waals surface area contributed by atoms with E-state index in [1.54, 1.807) is 13.2 Å². The molecule has 1 saturated heterocycles. The Bertz CT molecular complexity index is 723. The normalized spacial score (nSPS) is 15.9. The maximum atomic E-state index is 10.4. The monoisotopic (exact) mass is 430 g/mol. The molecule has 0 saturated carbocycles. The molecular formula is C20H28Cl2N2O4. The number of β-amino-alcohol motifs (C(OH)–C–C–N with tert-alkyl or cyclic N) is 1. The zero-order valence-corrected chi connectivity index (χ0v) is 17.5. The van der Waals surface area contributed by atoms with Gasteiger partial charge in [0.2, 0.25) is 0 Å². The second-order valence-electron chi connectivity index (χ2n) is 6.69. The number of aromatic hydroxyl groups is 2. The highest BCUT2D eigenvalue weighted by atomic mass is 35.5. The smallest absolute Gasteiger partial charge is 0.157 e. The SMILES string of the molecule is COc1ccc(CN2CCN(CC(O)c3ccc(O)c(O)c3)CC2)cc1.Cl.Cl. The van der Waals surface area contributed by atoms with Crippen molar-refractivity contribution in [2.45, 2.75) is 12.6 Å². The van der Waals surface area contributed by atoms with Crippen LogP contribution < -0.4 is 4.74 Å². The summed E-state index contributed by atoms with van der Waals surface area (Å²) in [6, 6.07) is 12.6. The minimum absolute atomic E-state index is 0. The lowest BCUT2D eigenvalue weighted by atomic mass is 10.1. The molecular weight excluding hydrogens is 403 g/mol. The van der Waals surface area contributed by atoms with Gasteiger partial charge in [0.15, 0.2) is 11.5 Å². The molecule has 0 amide bonds. The van der Waals surface area contributed by atoms with Crippen LogP contribution >= 0.6 is 24.8 Å². The van der Waals surface area contributed by atoms with Crippen LogP contribution in [0.3, 0.4) is 0 Å². The lowest BCUT2D eigenvalue weighted by Crippen LogP contribution is -2.47. The number of hydrogen-bond acceptors (Lipinski definition) is 6. The minimum Gasteiger partial charge on any atom is -0.504 e. The number of phenolic OH excluding ortho intramolecular Hbond substituents is 2. The number of halogens is 2. The first-order valence-electron chi connectivity index (χ1n) is 8.83. The van der Waals surface area contributed by atoms with Crippen molar-refractivity contribution in [3.63, 3.8) is 0 Å². The standard InChI is InChI=1S/C20H26N2O4.2ClH/c1-26-17-5-2-15(3-6-17)13-21-8-10-22(11-9-21)14-20(25)16-4-7-18(23)19(24)12-16;;/h2-7,12,20,23-25H,8-11,13-14H2,1H3;2*1H. The molecule has 0 aromatic heterocycles. The zero-order chi connectivity index (χ0) is 18.5. The van der Waals surface area contributed by atoms with E-state index in [9.17, 15) is 15.3 Å². The van der Waals surface area contributed by atoms with Gasteiger partial charge in [-0.2, -0.15) is 0 Å². The van der Waals surface area contributed by atoms with Gasteiger partial charge >= 0.3 is 0 Å². The van der Waals surface area contributed by atoms with Gasteiger partial charge < -0.3 is 20.1 Å². The molecule has 2 aromatic rings. The molecule has 0 radical (unpaired) electrons. The number of aliphatic hydroxyl groups excluding tert-OH is 1. The van der Waals surface area contributed by atoms with Gasteiger partial charge in [-0.25, -0.2) is 0 Å². The van der Waals surface area contributed by atoms with Gasteiger partial charge in [0.05, 0.1) is 13.2 Å². The lowest BCUT2D eigenvalue weighted by molar-refractivity contribution is 0.0700. The van der Waals surface area contributed by atoms with Crippen molar-refractivity contribution in [3.05, 3.63) is 53.6 Å². The number of methoxy groups -OCH3 is 1. The van der Waals surface area contributed by atoms with E-state index >= 15 is 0 Å². The van der Waals surface area contributed by atoms with E-state index in [0.29, 0.717) is 12.1 Å². The Labute approximate surface area is 178 Å². The van der Waals surface area contributed by atoms with Crippen molar-refractivity contribution in [1.82, 2.24) is 9.80 Å². The van der Waals surface area contributed by atoms with Crippen LogP contribution in [-0.2, 0) is 6.54 Å². The molecule has 1 fully saturated rings. The van der Waals surface area contributed by atoms with Gasteiger partial charge in [-0.05, 0) is 35.4 Å². The predicted molar refractivity (Wildman–Crippen MR) is 114 cm³/mol. The molecule has 1 unspecified atom stereocenters. The van der Waals surface area contributed by atoms with Crippen molar-refractivity contribution < 1.29 is 20.1 Å². The van der Waals surface area contributed by atoms with E-state index in [-0.39, 0.29) is 36.3 Å². The molecule has 2 aromatic carbocycles. The Morgan fingerprint density at radius 1 is 0.893 bits per heavy atom. The van der Waals surface area contributed by atoms with Gasteiger partial charge in [0, 0.05) is 39.3 Å². The molecule has 0 spiro atoms. The second-order valence-corrected chi connectivity index (χ2v) is 6.69. The Morgan fingerprint density at radius 3 is 2.07 bits per heavy atom. The largest absolute Gasteiger partial charge is 0.504 e. The molecule has 8 heteroatoms. The zero-order valence-electron chi connectivity index (χ0n) is 15.8. The molecule has 3 N–H and O–H groups in total. The highest BCUT2D eigenvalue weighted by Gasteiger charge is 2.20. The second kappa shape index (κ2) is 11.3. The van der Waals surface area contributed by atoms with Gasteiger partial charge in [0.1, 0.15) is 5.75 Å². The van der Waals surface area contributed by atoms with E-state index in [0.717, 1.165) is 38.5 Å². The summed E-state index contributed by atoms with van der Waals surface area (Å²) in [5.74, 6) is 0.492. The van der Waals surface area contributed by atoms with Crippen molar-refractivity contribution in [1.29, 1.82) is 0 Å². The molecule has 3 rings (SSSR count). The van der Waals surface area contributed by atoms with Crippen LogP contribution in [0.25, 0.3) is 0 Å². The molecule has 28 heavy (non-hydrogen) atoms. The summed E-state index contributed by atoms with van der Waals surface area (Å²) in [4.78, 5) is 4.62. The third-order valence-corrected chi connectivity index (χ3v) is 4.85. The van der Waals surface area contributed by atoms with Crippen molar-refractivity contribution in [2.24, 2.45) is 0 Å². The number of rotatable bonds is 6.